The molecule has 0 spiro atoms. The fourth-order valence-electron chi connectivity index (χ4n) is 2.57. The number of nitro groups is 1. The summed E-state index contributed by atoms with van der Waals surface area (Å²) < 4.78 is 0. The Morgan fingerprint density at radius 2 is 1.74 bits per heavy atom. The first-order valence-corrected chi connectivity index (χ1v) is 7.42. The Hall–Kier alpha value is -2.69. The summed E-state index contributed by atoms with van der Waals surface area (Å²) in [5.41, 5.74) is 4.73. The Bertz CT molecular complexity index is 769. The standard InChI is InChI=1S/C18H20N2O3/c1-11-8-13(3)17(9-12(11)2)14(4)19-18(21)15-6-5-7-16(10-15)20(22)23/h5-10,14H,1-4H3,(H,19,21)/t14-/m0/s1. The molecule has 2 rings (SSSR count). The maximum absolute atomic E-state index is 12.3. The van der Waals surface area contributed by atoms with Crippen molar-refractivity contribution in [3.63, 3.8) is 0 Å². The molecule has 0 heterocycles. The largest absolute Gasteiger partial charge is 0.346 e. The molecule has 0 saturated carbocycles. The van der Waals surface area contributed by atoms with Crippen LogP contribution in [0.3, 0.4) is 0 Å². The van der Waals surface area contributed by atoms with Crippen molar-refractivity contribution in [1.29, 1.82) is 0 Å². The molecule has 2 aromatic rings. The lowest BCUT2D eigenvalue weighted by Crippen LogP contribution is -2.27. The lowest BCUT2D eigenvalue weighted by Gasteiger charge is -2.18. The van der Waals surface area contributed by atoms with E-state index in [-0.39, 0.29) is 23.2 Å². The first-order chi connectivity index (χ1) is 10.8. The van der Waals surface area contributed by atoms with Crippen molar-refractivity contribution in [2.45, 2.75) is 33.7 Å². The molecule has 0 saturated heterocycles. The molecule has 2 aromatic carbocycles. The molecule has 23 heavy (non-hydrogen) atoms. The van der Waals surface area contributed by atoms with Gasteiger partial charge in [-0.05, 0) is 56.0 Å². The van der Waals surface area contributed by atoms with Crippen LogP contribution in [0.1, 0.15) is 45.6 Å². The van der Waals surface area contributed by atoms with Crippen molar-refractivity contribution in [1.82, 2.24) is 5.32 Å². The van der Waals surface area contributed by atoms with E-state index in [1.165, 1.54) is 29.3 Å². The fourth-order valence-corrected chi connectivity index (χ4v) is 2.57. The Morgan fingerprint density at radius 3 is 2.39 bits per heavy atom. The van der Waals surface area contributed by atoms with Crippen LogP contribution in [-0.4, -0.2) is 10.8 Å². The molecule has 0 bridgehead atoms. The van der Waals surface area contributed by atoms with Crippen LogP contribution in [0.25, 0.3) is 0 Å². The van der Waals surface area contributed by atoms with E-state index >= 15 is 0 Å². The molecule has 1 amide bonds. The molecule has 0 aromatic heterocycles. The quantitative estimate of drug-likeness (QED) is 0.685. The zero-order chi connectivity index (χ0) is 17.1. The zero-order valence-corrected chi connectivity index (χ0v) is 13.7. The number of nitrogens with one attached hydrogen (secondary N) is 1. The van der Waals surface area contributed by atoms with Gasteiger partial charge in [0.1, 0.15) is 0 Å². The molecule has 0 unspecified atom stereocenters. The molecule has 0 fully saturated rings. The Labute approximate surface area is 135 Å². The van der Waals surface area contributed by atoms with E-state index in [2.05, 4.69) is 24.4 Å². The molecule has 0 aliphatic heterocycles. The number of rotatable bonds is 4. The Kier molecular flexibility index (Phi) is 4.79. The molecule has 0 aliphatic rings. The molecular formula is C18H20N2O3. The third-order valence-corrected chi connectivity index (χ3v) is 4.02. The predicted molar refractivity (Wildman–Crippen MR) is 89.6 cm³/mol. The number of amides is 1. The molecule has 120 valence electrons. The predicted octanol–water partition coefficient (Wildman–Crippen LogP) is 4.01. The summed E-state index contributed by atoms with van der Waals surface area (Å²) in [6, 6.07) is 9.73. The minimum atomic E-state index is -0.506. The van der Waals surface area contributed by atoms with Gasteiger partial charge in [0.2, 0.25) is 0 Å². The highest BCUT2D eigenvalue weighted by Gasteiger charge is 2.16. The number of aryl methyl sites for hydroxylation is 3. The topological polar surface area (TPSA) is 72.2 Å². The highest BCUT2D eigenvalue weighted by atomic mass is 16.6. The Balaban J connectivity index is 2.21. The van der Waals surface area contributed by atoms with Crippen molar-refractivity contribution in [3.05, 3.63) is 74.3 Å². The molecule has 1 N–H and O–H groups in total. The second-order valence-corrected chi connectivity index (χ2v) is 5.80. The third kappa shape index (κ3) is 3.74. The number of carbonyl (C=O) groups excluding carboxylic acids is 1. The fraction of sp³-hybridized carbons (Fsp3) is 0.278. The van der Waals surface area contributed by atoms with Crippen molar-refractivity contribution >= 4 is 11.6 Å². The van der Waals surface area contributed by atoms with Gasteiger partial charge in [0.25, 0.3) is 11.6 Å². The second kappa shape index (κ2) is 6.60. The number of nitrogens with zero attached hydrogens (tertiary/aromatic N) is 1. The summed E-state index contributed by atoms with van der Waals surface area (Å²) in [6.07, 6.45) is 0. The summed E-state index contributed by atoms with van der Waals surface area (Å²) in [7, 11) is 0. The Morgan fingerprint density at radius 1 is 1.09 bits per heavy atom. The van der Waals surface area contributed by atoms with Gasteiger partial charge < -0.3 is 5.32 Å². The van der Waals surface area contributed by atoms with E-state index in [1.54, 1.807) is 6.07 Å². The highest BCUT2D eigenvalue weighted by molar-refractivity contribution is 5.95. The maximum Gasteiger partial charge on any atom is 0.270 e. The number of hydrogen-bond donors (Lipinski definition) is 1. The van der Waals surface area contributed by atoms with Crippen molar-refractivity contribution in [2.75, 3.05) is 0 Å². The molecule has 1 atom stereocenters. The van der Waals surface area contributed by atoms with Gasteiger partial charge in [-0.1, -0.05) is 18.2 Å². The minimum Gasteiger partial charge on any atom is -0.346 e. The van der Waals surface area contributed by atoms with E-state index in [1.807, 2.05) is 20.8 Å². The van der Waals surface area contributed by atoms with Crippen LogP contribution in [0.15, 0.2) is 36.4 Å². The van der Waals surface area contributed by atoms with Crippen LogP contribution in [0.5, 0.6) is 0 Å². The number of carbonyl (C=O) groups is 1. The first kappa shape index (κ1) is 16.7. The van der Waals surface area contributed by atoms with Crippen LogP contribution in [0, 0.1) is 30.9 Å². The number of benzene rings is 2. The molecule has 5 heteroatoms. The number of hydrogen-bond acceptors (Lipinski definition) is 3. The van der Waals surface area contributed by atoms with Gasteiger partial charge in [0.05, 0.1) is 11.0 Å². The molecule has 0 radical (unpaired) electrons. The molecular weight excluding hydrogens is 292 g/mol. The normalized spacial score (nSPS) is 11.8. The zero-order valence-electron chi connectivity index (χ0n) is 13.7. The van der Waals surface area contributed by atoms with Gasteiger partial charge in [-0.3, -0.25) is 14.9 Å². The van der Waals surface area contributed by atoms with E-state index in [0.29, 0.717) is 0 Å². The van der Waals surface area contributed by atoms with Gasteiger partial charge in [-0.15, -0.1) is 0 Å². The van der Waals surface area contributed by atoms with Crippen LogP contribution in [0.4, 0.5) is 5.69 Å². The SMILES string of the molecule is Cc1cc(C)c([C@H](C)NC(=O)c2cccc([N+](=O)[O-])c2)cc1C. The van der Waals surface area contributed by atoms with E-state index in [0.717, 1.165) is 11.1 Å². The van der Waals surface area contributed by atoms with E-state index in [9.17, 15) is 14.9 Å². The van der Waals surface area contributed by atoms with Gasteiger partial charge in [-0.2, -0.15) is 0 Å². The van der Waals surface area contributed by atoms with Crippen LogP contribution in [0.2, 0.25) is 0 Å². The lowest BCUT2D eigenvalue weighted by atomic mass is 9.96. The van der Waals surface area contributed by atoms with Gasteiger partial charge in [-0.25, -0.2) is 0 Å². The molecule has 0 aliphatic carbocycles. The van der Waals surface area contributed by atoms with Crippen LogP contribution in [-0.2, 0) is 0 Å². The summed E-state index contributed by atoms with van der Waals surface area (Å²) in [5, 5.41) is 13.7. The average molecular weight is 312 g/mol. The third-order valence-electron chi connectivity index (χ3n) is 4.02. The van der Waals surface area contributed by atoms with Crippen LogP contribution < -0.4 is 5.32 Å². The maximum atomic E-state index is 12.3. The number of non-ortho nitro benzene ring substituents is 1. The van der Waals surface area contributed by atoms with E-state index in [4.69, 9.17) is 0 Å². The second-order valence-electron chi connectivity index (χ2n) is 5.80. The van der Waals surface area contributed by atoms with Crippen molar-refractivity contribution in [2.24, 2.45) is 0 Å². The minimum absolute atomic E-state index is 0.0901. The van der Waals surface area contributed by atoms with Crippen LogP contribution >= 0.6 is 0 Å². The van der Waals surface area contributed by atoms with Gasteiger partial charge in [0, 0.05) is 17.7 Å². The number of nitro benzene ring substituents is 1. The van der Waals surface area contributed by atoms with Crippen molar-refractivity contribution < 1.29 is 9.72 Å². The van der Waals surface area contributed by atoms with Gasteiger partial charge in [0.15, 0.2) is 0 Å². The summed E-state index contributed by atoms with van der Waals surface area (Å²) in [4.78, 5) is 22.6. The monoisotopic (exact) mass is 312 g/mol. The van der Waals surface area contributed by atoms with Crippen molar-refractivity contribution in [3.8, 4) is 0 Å². The lowest BCUT2D eigenvalue weighted by molar-refractivity contribution is -0.384. The van der Waals surface area contributed by atoms with Gasteiger partial charge >= 0.3 is 0 Å². The first-order valence-electron chi connectivity index (χ1n) is 7.42. The highest BCUT2D eigenvalue weighted by Crippen LogP contribution is 2.22. The average Bonchev–Trinajstić information content (AvgIpc) is 2.50. The van der Waals surface area contributed by atoms with E-state index < -0.39 is 4.92 Å². The smallest absolute Gasteiger partial charge is 0.270 e. The summed E-state index contributed by atoms with van der Waals surface area (Å²) in [6.45, 7) is 8.01. The summed E-state index contributed by atoms with van der Waals surface area (Å²) >= 11 is 0. The summed E-state index contributed by atoms with van der Waals surface area (Å²) in [5.74, 6) is -0.321. The molecule has 5 nitrogen and oxygen atoms in total.